The third kappa shape index (κ3) is 3.50. The summed E-state index contributed by atoms with van der Waals surface area (Å²) < 4.78 is 6.39. The van der Waals surface area contributed by atoms with Crippen molar-refractivity contribution in [2.24, 2.45) is 0 Å². The van der Waals surface area contributed by atoms with Gasteiger partial charge in [-0.1, -0.05) is 24.3 Å². The van der Waals surface area contributed by atoms with Gasteiger partial charge in [0.15, 0.2) is 5.75 Å². The Morgan fingerprint density at radius 2 is 1.88 bits per heavy atom. The Kier molecular flexibility index (Phi) is 5.00. The van der Waals surface area contributed by atoms with Gasteiger partial charge in [0.1, 0.15) is 5.52 Å². The van der Waals surface area contributed by atoms with Crippen LogP contribution in [0.4, 0.5) is 0 Å². The summed E-state index contributed by atoms with van der Waals surface area (Å²) >= 11 is 3.40. The lowest BCUT2D eigenvalue weighted by Gasteiger charge is -2.17. The number of carbonyl (C=O) groups is 1. The van der Waals surface area contributed by atoms with E-state index >= 15 is 0 Å². The van der Waals surface area contributed by atoms with Crippen LogP contribution in [-0.2, 0) is 6.54 Å². The summed E-state index contributed by atoms with van der Waals surface area (Å²) in [6.07, 6.45) is 4.26. The van der Waals surface area contributed by atoms with E-state index in [2.05, 4.69) is 25.8 Å². The Labute approximate surface area is 160 Å². The van der Waals surface area contributed by atoms with Crippen molar-refractivity contribution in [3.63, 3.8) is 0 Å². The van der Waals surface area contributed by atoms with Crippen molar-refractivity contribution in [1.29, 1.82) is 0 Å². The first-order chi connectivity index (χ1) is 12.7. The minimum Gasteiger partial charge on any atom is -0.421 e. The number of aromatic nitrogens is 1. The number of halogens is 1. The number of nitrogens with zero attached hydrogens (tertiary/aromatic N) is 2. The SMILES string of the molecule is O=C(Oc1ccc(CN2CCCC2)c2cccnc12)c1ccccc1Br. The van der Waals surface area contributed by atoms with Crippen LogP contribution in [0.25, 0.3) is 10.9 Å². The van der Waals surface area contributed by atoms with Gasteiger partial charge in [-0.15, -0.1) is 0 Å². The van der Waals surface area contributed by atoms with Crippen molar-refractivity contribution in [1.82, 2.24) is 9.88 Å². The van der Waals surface area contributed by atoms with Crippen LogP contribution >= 0.6 is 15.9 Å². The molecule has 0 amide bonds. The molecule has 1 aliphatic heterocycles. The lowest BCUT2D eigenvalue weighted by molar-refractivity contribution is 0.0736. The fourth-order valence-corrected chi connectivity index (χ4v) is 3.84. The van der Waals surface area contributed by atoms with Crippen LogP contribution in [0.3, 0.4) is 0 Å². The minimum atomic E-state index is -0.392. The third-order valence-electron chi connectivity index (χ3n) is 4.71. The van der Waals surface area contributed by atoms with Crippen LogP contribution in [0.5, 0.6) is 5.75 Å². The molecule has 0 saturated carbocycles. The Balaban J connectivity index is 1.66. The summed E-state index contributed by atoms with van der Waals surface area (Å²) in [7, 11) is 0. The summed E-state index contributed by atoms with van der Waals surface area (Å²) in [5.41, 5.74) is 2.44. The highest BCUT2D eigenvalue weighted by molar-refractivity contribution is 9.10. The third-order valence-corrected chi connectivity index (χ3v) is 5.40. The van der Waals surface area contributed by atoms with Crippen molar-refractivity contribution >= 4 is 32.8 Å². The first kappa shape index (κ1) is 17.2. The smallest absolute Gasteiger partial charge is 0.344 e. The Hall–Kier alpha value is -2.24. The molecule has 0 spiro atoms. The zero-order chi connectivity index (χ0) is 17.9. The van der Waals surface area contributed by atoms with Gasteiger partial charge in [0, 0.05) is 22.6 Å². The van der Waals surface area contributed by atoms with Gasteiger partial charge in [0.2, 0.25) is 0 Å². The number of ether oxygens (including phenoxy) is 1. The van der Waals surface area contributed by atoms with Crippen LogP contribution < -0.4 is 4.74 Å². The molecule has 0 radical (unpaired) electrons. The first-order valence-corrected chi connectivity index (χ1v) is 9.57. The van der Waals surface area contributed by atoms with Crippen molar-refractivity contribution < 1.29 is 9.53 Å². The molecular formula is C21H19BrN2O2. The van der Waals surface area contributed by atoms with E-state index in [-0.39, 0.29) is 0 Å². The zero-order valence-corrected chi connectivity index (χ0v) is 15.9. The molecule has 2 aromatic carbocycles. The van der Waals surface area contributed by atoms with Gasteiger partial charge in [-0.05, 0) is 71.7 Å². The largest absolute Gasteiger partial charge is 0.421 e. The number of hydrogen-bond acceptors (Lipinski definition) is 4. The second kappa shape index (κ2) is 7.56. The van der Waals surface area contributed by atoms with Gasteiger partial charge in [-0.25, -0.2) is 4.79 Å². The van der Waals surface area contributed by atoms with Gasteiger partial charge in [0.05, 0.1) is 5.56 Å². The molecule has 4 nitrogen and oxygen atoms in total. The minimum absolute atomic E-state index is 0.392. The van der Waals surface area contributed by atoms with Crippen molar-refractivity contribution in [3.8, 4) is 5.75 Å². The van der Waals surface area contributed by atoms with E-state index in [1.165, 1.54) is 18.4 Å². The van der Waals surface area contributed by atoms with E-state index in [4.69, 9.17) is 4.74 Å². The summed E-state index contributed by atoms with van der Waals surface area (Å²) in [6, 6.07) is 15.1. The van der Waals surface area contributed by atoms with E-state index in [0.717, 1.165) is 30.5 Å². The standard InChI is InChI=1S/C21H19BrN2O2/c22-18-8-2-1-6-17(18)21(25)26-19-10-9-15(14-24-12-3-4-13-24)16-7-5-11-23-20(16)19/h1-2,5-11H,3-4,12-14H2. The molecule has 4 rings (SSSR count). The summed E-state index contributed by atoms with van der Waals surface area (Å²) in [5, 5.41) is 1.04. The highest BCUT2D eigenvalue weighted by Crippen LogP contribution is 2.29. The highest BCUT2D eigenvalue weighted by Gasteiger charge is 2.17. The van der Waals surface area contributed by atoms with Crippen LogP contribution in [0.1, 0.15) is 28.8 Å². The molecule has 0 unspecified atom stereocenters. The fourth-order valence-electron chi connectivity index (χ4n) is 3.39. The van der Waals surface area contributed by atoms with Gasteiger partial charge in [-0.2, -0.15) is 0 Å². The summed E-state index contributed by atoms with van der Waals surface area (Å²) in [6.45, 7) is 3.18. The summed E-state index contributed by atoms with van der Waals surface area (Å²) in [5.74, 6) is 0.100. The predicted molar refractivity (Wildman–Crippen MR) is 105 cm³/mol. The molecule has 0 N–H and O–H groups in total. The van der Waals surface area contributed by atoms with Crippen LogP contribution in [0, 0.1) is 0 Å². The van der Waals surface area contributed by atoms with Crippen molar-refractivity contribution in [2.75, 3.05) is 13.1 Å². The monoisotopic (exact) mass is 410 g/mol. The van der Waals surface area contributed by atoms with Gasteiger partial charge in [-0.3, -0.25) is 9.88 Å². The van der Waals surface area contributed by atoms with Crippen molar-refractivity contribution in [2.45, 2.75) is 19.4 Å². The molecular weight excluding hydrogens is 392 g/mol. The molecule has 132 valence electrons. The van der Waals surface area contributed by atoms with E-state index < -0.39 is 5.97 Å². The number of fused-ring (bicyclic) bond motifs is 1. The molecule has 3 aromatic rings. The lowest BCUT2D eigenvalue weighted by Crippen LogP contribution is -2.18. The normalized spacial score (nSPS) is 14.7. The Morgan fingerprint density at radius 1 is 1.08 bits per heavy atom. The predicted octanol–water partition coefficient (Wildman–Crippen LogP) is 4.81. The van der Waals surface area contributed by atoms with E-state index in [1.807, 2.05) is 42.5 Å². The van der Waals surface area contributed by atoms with Gasteiger partial charge < -0.3 is 4.74 Å². The molecule has 2 heterocycles. The van der Waals surface area contributed by atoms with E-state index in [0.29, 0.717) is 15.8 Å². The molecule has 0 bridgehead atoms. The fraction of sp³-hybridized carbons (Fsp3) is 0.238. The van der Waals surface area contributed by atoms with E-state index in [1.54, 1.807) is 12.3 Å². The Morgan fingerprint density at radius 3 is 2.69 bits per heavy atom. The number of rotatable bonds is 4. The van der Waals surface area contributed by atoms with Crippen LogP contribution in [0.15, 0.2) is 59.2 Å². The highest BCUT2D eigenvalue weighted by atomic mass is 79.9. The molecule has 1 fully saturated rings. The van der Waals surface area contributed by atoms with Gasteiger partial charge >= 0.3 is 5.97 Å². The van der Waals surface area contributed by atoms with Gasteiger partial charge in [0.25, 0.3) is 0 Å². The number of benzene rings is 2. The second-order valence-corrected chi connectivity index (χ2v) is 7.33. The summed E-state index contributed by atoms with van der Waals surface area (Å²) in [4.78, 5) is 19.5. The maximum Gasteiger partial charge on any atom is 0.344 e. The first-order valence-electron chi connectivity index (χ1n) is 8.78. The number of likely N-dealkylation sites (tertiary alicyclic amines) is 1. The Bertz CT molecular complexity index is 952. The number of pyridine rings is 1. The maximum atomic E-state index is 12.6. The average Bonchev–Trinajstić information content (AvgIpc) is 3.17. The second-order valence-electron chi connectivity index (χ2n) is 6.48. The molecule has 1 aromatic heterocycles. The van der Waals surface area contributed by atoms with Crippen LogP contribution in [-0.4, -0.2) is 28.9 Å². The molecule has 5 heteroatoms. The molecule has 0 aliphatic carbocycles. The number of hydrogen-bond donors (Lipinski definition) is 0. The molecule has 0 atom stereocenters. The molecule has 1 saturated heterocycles. The maximum absolute atomic E-state index is 12.6. The quantitative estimate of drug-likeness (QED) is 0.457. The number of carbonyl (C=O) groups excluding carboxylic acids is 1. The topological polar surface area (TPSA) is 42.4 Å². The molecule has 26 heavy (non-hydrogen) atoms. The zero-order valence-electron chi connectivity index (χ0n) is 14.3. The average molecular weight is 411 g/mol. The van der Waals surface area contributed by atoms with E-state index in [9.17, 15) is 4.79 Å². The van der Waals surface area contributed by atoms with Crippen LogP contribution in [0.2, 0.25) is 0 Å². The lowest BCUT2D eigenvalue weighted by atomic mass is 10.1. The number of esters is 1. The van der Waals surface area contributed by atoms with Crippen molar-refractivity contribution in [3.05, 3.63) is 70.3 Å². The molecule has 1 aliphatic rings.